The molecule has 2 N–H and O–H groups in total. The van der Waals surface area contributed by atoms with Crippen LogP contribution < -0.4 is 15.6 Å². The van der Waals surface area contributed by atoms with Gasteiger partial charge in [0.15, 0.2) is 0 Å². The third-order valence-electron chi connectivity index (χ3n) is 3.79. The maximum Gasteiger partial charge on any atom is 0.259 e. The van der Waals surface area contributed by atoms with E-state index in [0.717, 1.165) is 5.56 Å². The lowest BCUT2D eigenvalue weighted by molar-refractivity contribution is 0.102. The van der Waals surface area contributed by atoms with E-state index in [4.69, 9.17) is 4.74 Å². The van der Waals surface area contributed by atoms with Crippen LogP contribution in [0.4, 0.5) is 10.1 Å². The van der Waals surface area contributed by atoms with Crippen molar-refractivity contribution in [2.45, 2.75) is 13.6 Å². The molecule has 0 saturated heterocycles. The minimum absolute atomic E-state index is 0.241. The predicted molar refractivity (Wildman–Crippen MR) is 97.5 cm³/mol. The number of ether oxygens (including phenoxy) is 1. The quantitative estimate of drug-likeness (QED) is 0.723. The van der Waals surface area contributed by atoms with Gasteiger partial charge in [-0.05, 0) is 42.3 Å². The molecule has 0 aliphatic rings. The van der Waals surface area contributed by atoms with E-state index >= 15 is 0 Å². The van der Waals surface area contributed by atoms with Crippen molar-refractivity contribution in [3.05, 3.63) is 87.8 Å². The van der Waals surface area contributed by atoms with Gasteiger partial charge in [0.25, 0.3) is 5.91 Å². The number of pyridine rings is 1. The molecule has 5 nitrogen and oxygen atoms in total. The number of carbonyl (C=O) groups excluding carboxylic acids is 1. The van der Waals surface area contributed by atoms with Crippen LogP contribution in [-0.2, 0) is 6.67 Å². The highest BCUT2D eigenvalue weighted by atomic mass is 19.1. The predicted octanol–water partition coefficient (Wildman–Crippen LogP) is 4.20. The van der Waals surface area contributed by atoms with Gasteiger partial charge in [-0.3, -0.25) is 9.59 Å². The van der Waals surface area contributed by atoms with E-state index in [1.165, 1.54) is 30.5 Å². The number of hydrogen-bond acceptors (Lipinski definition) is 3. The monoisotopic (exact) mass is 352 g/mol. The van der Waals surface area contributed by atoms with Gasteiger partial charge >= 0.3 is 0 Å². The first-order chi connectivity index (χ1) is 12.6. The van der Waals surface area contributed by atoms with Crippen molar-refractivity contribution >= 4 is 11.6 Å². The summed E-state index contributed by atoms with van der Waals surface area (Å²) in [5.41, 5.74) is 1.56. The Bertz CT molecular complexity index is 998. The van der Waals surface area contributed by atoms with Crippen molar-refractivity contribution in [3.8, 4) is 11.5 Å². The van der Waals surface area contributed by atoms with Crippen LogP contribution in [-0.4, -0.2) is 10.9 Å². The molecule has 0 unspecified atom stereocenters. The second kappa shape index (κ2) is 7.65. The van der Waals surface area contributed by atoms with Crippen LogP contribution in [0.2, 0.25) is 0 Å². The zero-order valence-electron chi connectivity index (χ0n) is 14.1. The van der Waals surface area contributed by atoms with E-state index in [9.17, 15) is 14.0 Å². The Hall–Kier alpha value is -3.41. The molecule has 0 aliphatic carbocycles. The maximum atomic E-state index is 13.1. The molecule has 0 spiro atoms. The van der Waals surface area contributed by atoms with Crippen molar-refractivity contribution in [1.29, 1.82) is 0 Å². The van der Waals surface area contributed by atoms with Crippen LogP contribution in [0, 0.1) is 6.92 Å². The van der Waals surface area contributed by atoms with E-state index in [1.807, 2.05) is 25.1 Å². The molecule has 0 fully saturated rings. The van der Waals surface area contributed by atoms with Gasteiger partial charge in [0, 0.05) is 18.0 Å². The van der Waals surface area contributed by atoms with Gasteiger partial charge in [-0.1, -0.05) is 24.3 Å². The number of nitrogens with one attached hydrogen (secondary N) is 2. The van der Waals surface area contributed by atoms with Crippen molar-refractivity contribution in [2.75, 3.05) is 5.32 Å². The fourth-order valence-electron chi connectivity index (χ4n) is 2.43. The number of rotatable bonds is 5. The normalized spacial score (nSPS) is 10.4. The molecule has 1 aromatic heterocycles. The number of carbonyl (C=O) groups is 1. The van der Waals surface area contributed by atoms with Crippen molar-refractivity contribution in [3.63, 3.8) is 0 Å². The summed E-state index contributed by atoms with van der Waals surface area (Å²) >= 11 is 0. The van der Waals surface area contributed by atoms with Crippen LogP contribution >= 0.6 is 0 Å². The third kappa shape index (κ3) is 3.97. The first-order valence-corrected chi connectivity index (χ1v) is 7.99. The van der Waals surface area contributed by atoms with Crippen LogP contribution in [0.5, 0.6) is 11.5 Å². The lowest BCUT2D eigenvalue weighted by Crippen LogP contribution is -2.15. The van der Waals surface area contributed by atoms with E-state index in [-0.39, 0.29) is 16.9 Å². The molecule has 0 radical (unpaired) electrons. The first-order valence-electron chi connectivity index (χ1n) is 7.99. The molecule has 3 aromatic rings. The third-order valence-corrected chi connectivity index (χ3v) is 3.79. The smallest absolute Gasteiger partial charge is 0.259 e. The Kier molecular flexibility index (Phi) is 5.12. The number of para-hydroxylation sites is 1. The fraction of sp³-hybridized carbons (Fsp3) is 0.100. The largest absolute Gasteiger partial charge is 0.456 e. The van der Waals surface area contributed by atoms with Crippen LogP contribution in [0.15, 0.2) is 65.6 Å². The SMILES string of the molecule is Cc1ccccc1Oc1cc(CF)ccc1C(=O)Nc1cc[nH]c(=O)c1. The zero-order valence-corrected chi connectivity index (χ0v) is 14.1. The average Bonchev–Trinajstić information content (AvgIpc) is 2.63. The molecule has 1 amide bonds. The minimum Gasteiger partial charge on any atom is -0.456 e. The van der Waals surface area contributed by atoms with E-state index < -0.39 is 12.6 Å². The van der Waals surface area contributed by atoms with Crippen molar-refractivity contribution in [1.82, 2.24) is 4.98 Å². The summed E-state index contributed by atoms with van der Waals surface area (Å²) in [6.07, 6.45) is 1.44. The van der Waals surface area contributed by atoms with Gasteiger partial charge in [-0.2, -0.15) is 0 Å². The Balaban J connectivity index is 1.94. The second-order valence-electron chi connectivity index (χ2n) is 5.73. The van der Waals surface area contributed by atoms with E-state index in [2.05, 4.69) is 10.3 Å². The number of benzene rings is 2. The van der Waals surface area contributed by atoms with Crippen LogP contribution in [0.1, 0.15) is 21.5 Å². The highest BCUT2D eigenvalue weighted by Gasteiger charge is 2.15. The van der Waals surface area contributed by atoms with Crippen LogP contribution in [0.3, 0.4) is 0 Å². The fourth-order valence-corrected chi connectivity index (χ4v) is 2.43. The average molecular weight is 352 g/mol. The van der Waals surface area contributed by atoms with Gasteiger partial charge in [-0.25, -0.2) is 4.39 Å². The molecule has 1 heterocycles. The summed E-state index contributed by atoms with van der Waals surface area (Å²) in [7, 11) is 0. The molecule has 0 saturated carbocycles. The Morgan fingerprint density at radius 2 is 1.92 bits per heavy atom. The molecule has 26 heavy (non-hydrogen) atoms. The first kappa shape index (κ1) is 17.4. The minimum atomic E-state index is -0.667. The van der Waals surface area contributed by atoms with E-state index in [1.54, 1.807) is 12.1 Å². The Morgan fingerprint density at radius 1 is 1.12 bits per heavy atom. The summed E-state index contributed by atoms with van der Waals surface area (Å²) in [4.78, 5) is 26.5. The van der Waals surface area contributed by atoms with Gasteiger partial charge in [0.2, 0.25) is 5.56 Å². The van der Waals surface area contributed by atoms with Gasteiger partial charge in [0.1, 0.15) is 18.2 Å². The number of amides is 1. The lowest BCUT2D eigenvalue weighted by Gasteiger charge is -2.14. The maximum absolute atomic E-state index is 13.1. The summed E-state index contributed by atoms with van der Waals surface area (Å²) < 4.78 is 18.9. The topological polar surface area (TPSA) is 71.2 Å². The molecule has 2 aromatic carbocycles. The van der Waals surface area contributed by atoms with Gasteiger partial charge < -0.3 is 15.0 Å². The standard InChI is InChI=1S/C20H17FN2O3/c1-13-4-2-3-5-17(13)26-18-10-14(12-21)6-7-16(18)20(25)23-15-8-9-22-19(24)11-15/h2-11H,12H2,1H3,(H2,22,23,24,25). The molecular weight excluding hydrogens is 335 g/mol. The number of aromatic nitrogens is 1. The summed E-state index contributed by atoms with van der Waals surface area (Å²) in [6.45, 7) is 1.21. The Morgan fingerprint density at radius 3 is 2.65 bits per heavy atom. The molecule has 0 bridgehead atoms. The zero-order chi connectivity index (χ0) is 18.5. The lowest BCUT2D eigenvalue weighted by atomic mass is 10.1. The van der Waals surface area contributed by atoms with Gasteiger partial charge in [0.05, 0.1) is 5.56 Å². The number of H-pyrrole nitrogens is 1. The molecule has 6 heteroatoms. The van der Waals surface area contributed by atoms with E-state index in [0.29, 0.717) is 17.0 Å². The highest BCUT2D eigenvalue weighted by Crippen LogP contribution is 2.29. The molecule has 0 atom stereocenters. The number of anilines is 1. The van der Waals surface area contributed by atoms with Crippen molar-refractivity contribution < 1.29 is 13.9 Å². The molecule has 0 aliphatic heterocycles. The number of hydrogen-bond donors (Lipinski definition) is 2. The highest BCUT2D eigenvalue weighted by molar-refractivity contribution is 6.06. The van der Waals surface area contributed by atoms with Gasteiger partial charge in [-0.15, -0.1) is 0 Å². The molecule has 3 rings (SSSR count). The summed E-state index contributed by atoms with van der Waals surface area (Å²) in [5.74, 6) is 0.370. The van der Waals surface area contributed by atoms with Crippen molar-refractivity contribution in [2.24, 2.45) is 0 Å². The Labute approximate surface area is 149 Å². The number of alkyl halides is 1. The summed E-state index contributed by atoms with van der Waals surface area (Å²) in [5, 5.41) is 2.64. The molecule has 132 valence electrons. The number of aryl methyl sites for hydroxylation is 1. The number of halogens is 1. The van der Waals surface area contributed by atoms with Crippen LogP contribution in [0.25, 0.3) is 0 Å². The number of aromatic amines is 1. The molecular formula is C20H17FN2O3. The second-order valence-corrected chi connectivity index (χ2v) is 5.73. The summed E-state index contributed by atoms with van der Waals surface area (Å²) in [6, 6.07) is 14.7.